The van der Waals surface area contributed by atoms with E-state index in [4.69, 9.17) is 4.84 Å². The summed E-state index contributed by atoms with van der Waals surface area (Å²) in [5.41, 5.74) is 0.244. The van der Waals surface area contributed by atoms with Crippen LogP contribution in [0.2, 0.25) is 0 Å². The summed E-state index contributed by atoms with van der Waals surface area (Å²) < 4.78 is 43.1. The SMILES string of the molecule is CO/N=C(\C(=O)OC)c1ccsc1CO/N=C(/C)c1cccc(C(F)(F)F)c1. The minimum atomic E-state index is -4.44. The van der Waals surface area contributed by atoms with Gasteiger partial charge in [-0.2, -0.15) is 13.2 Å². The first kappa shape index (κ1) is 21.4. The van der Waals surface area contributed by atoms with Crippen LogP contribution in [0.15, 0.2) is 46.0 Å². The van der Waals surface area contributed by atoms with Crippen LogP contribution in [-0.4, -0.2) is 31.6 Å². The number of oxime groups is 2. The van der Waals surface area contributed by atoms with Crippen LogP contribution in [-0.2, 0) is 32.0 Å². The van der Waals surface area contributed by atoms with Gasteiger partial charge in [-0.3, -0.25) is 0 Å². The van der Waals surface area contributed by atoms with Gasteiger partial charge < -0.3 is 14.4 Å². The lowest BCUT2D eigenvalue weighted by atomic mass is 10.1. The van der Waals surface area contributed by atoms with Crippen LogP contribution in [0.25, 0.3) is 0 Å². The molecule has 0 atom stereocenters. The van der Waals surface area contributed by atoms with E-state index in [0.29, 0.717) is 10.4 Å². The number of hydrogen-bond donors (Lipinski definition) is 0. The Hall–Kier alpha value is -2.88. The van der Waals surface area contributed by atoms with Crippen LogP contribution >= 0.6 is 11.3 Å². The van der Waals surface area contributed by atoms with E-state index in [1.165, 1.54) is 44.6 Å². The number of alkyl halides is 3. The summed E-state index contributed by atoms with van der Waals surface area (Å²) in [7, 11) is 2.52. The largest absolute Gasteiger partial charge is 0.464 e. The zero-order valence-electron chi connectivity index (χ0n) is 15.2. The second-order valence-electron chi connectivity index (χ2n) is 5.40. The maximum absolute atomic E-state index is 12.8. The summed E-state index contributed by atoms with van der Waals surface area (Å²) >= 11 is 1.30. The van der Waals surface area contributed by atoms with Crippen molar-refractivity contribution in [2.75, 3.05) is 14.2 Å². The second kappa shape index (κ2) is 9.36. The Morgan fingerprint density at radius 3 is 2.57 bits per heavy atom. The lowest BCUT2D eigenvalue weighted by Gasteiger charge is -2.09. The lowest BCUT2D eigenvalue weighted by Crippen LogP contribution is -2.18. The second-order valence-corrected chi connectivity index (χ2v) is 6.40. The smallest absolute Gasteiger partial charge is 0.416 e. The van der Waals surface area contributed by atoms with Crippen molar-refractivity contribution in [1.82, 2.24) is 0 Å². The molecule has 1 aromatic heterocycles. The number of halogens is 3. The van der Waals surface area contributed by atoms with E-state index >= 15 is 0 Å². The van der Waals surface area contributed by atoms with Gasteiger partial charge in [-0.05, 0) is 36.1 Å². The quantitative estimate of drug-likeness (QED) is 0.386. The zero-order valence-corrected chi connectivity index (χ0v) is 16.1. The van der Waals surface area contributed by atoms with E-state index in [9.17, 15) is 18.0 Å². The van der Waals surface area contributed by atoms with E-state index in [-0.39, 0.29) is 23.6 Å². The Kier molecular flexibility index (Phi) is 7.16. The lowest BCUT2D eigenvalue weighted by molar-refractivity contribution is -0.137. The number of rotatable bonds is 7. The number of methoxy groups -OCH3 is 1. The molecule has 1 heterocycles. The average Bonchev–Trinajstić information content (AvgIpc) is 3.13. The van der Waals surface area contributed by atoms with Crippen molar-refractivity contribution in [3.8, 4) is 0 Å². The van der Waals surface area contributed by atoms with Gasteiger partial charge in [-0.1, -0.05) is 22.4 Å². The van der Waals surface area contributed by atoms with Crippen molar-refractivity contribution < 1.29 is 32.4 Å². The highest BCUT2D eigenvalue weighted by Gasteiger charge is 2.30. The molecule has 28 heavy (non-hydrogen) atoms. The summed E-state index contributed by atoms with van der Waals surface area (Å²) in [6.45, 7) is 1.53. The van der Waals surface area contributed by atoms with Crippen LogP contribution in [0.4, 0.5) is 13.2 Å². The fourth-order valence-corrected chi connectivity index (χ4v) is 2.99. The van der Waals surface area contributed by atoms with Crippen molar-refractivity contribution in [3.63, 3.8) is 0 Å². The van der Waals surface area contributed by atoms with Gasteiger partial charge in [0, 0.05) is 5.56 Å². The normalized spacial score (nSPS) is 12.6. The molecule has 0 aliphatic heterocycles. The summed E-state index contributed by atoms with van der Waals surface area (Å²) in [6, 6.07) is 6.45. The molecule has 2 rings (SSSR count). The molecule has 0 fully saturated rings. The van der Waals surface area contributed by atoms with Crippen LogP contribution < -0.4 is 0 Å². The van der Waals surface area contributed by atoms with Crippen molar-refractivity contribution in [2.45, 2.75) is 19.7 Å². The van der Waals surface area contributed by atoms with Crippen molar-refractivity contribution >= 4 is 28.7 Å². The molecule has 0 saturated heterocycles. The van der Waals surface area contributed by atoms with Crippen LogP contribution in [0.1, 0.15) is 28.5 Å². The number of carbonyl (C=O) groups is 1. The molecule has 0 N–H and O–H groups in total. The number of hydrogen-bond acceptors (Lipinski definition) is 7. The number of esters is 1. The van der Waals surface area contributed by atoms with Gasteiger partial charge in [0.1, 0.15) is 7.11 Å². The molecule has 0 radical (unpaired) electrons. The van der Waals surface area contributed by atoms with E-state index in [0.717, 1.165) is 12.1 Å². The molecule has 6 nitrogen and oxygen atoms in total. The number of ether oxygens (including phenoxy) is 1. The third-order valence-corrected chi connectivity index (χ3v) is 4.46. The van der Waals surface area contributed by atoms with Gasteiger partial charge >= 0.3 is 12.1 Å². The van der Waals surface area contributed by atoms with E-state index < -0.39 is 17.7 Å². The Labute approximate surface area is 163 Å². The molecule has 150 valence electrons. The third kappa shape index (κ3) is 5.32. The Balaban J connectivity index is 2.15. The van der Waals surface area contributed by atoms with Crippen LogP contribution in [0, 0.1) is 0 Å². The van der Waals surface area contributed by atoms with E-state index in [1.54, 1.807) is 11.4 Å². The molecule has 0 aliphatic rings. The fourth-order valence-electron chi connectivity index (χ4n) is 2.21. The molecule has 2 aromatic rings. The Bertz CT molecular complexity index is 891. The molecule has 0 bridgehead atoms. The third-order valence-electron chi connectivity index (χ3n) is 3.57. The molecular weight excluding hydrogens is 397 g/mol. The summed E-state index contributed by atoms with van der Waals surface area (Å²) in [5.74, 6) is -0.676. The van der Waals surface area contributed by atoms with Gasteiger partial charge in [-0.25, -0.2) is 4.79 Å². The average molecular weight is 414 g/mol. The standard InChI is InChI=1S/C18H17F3N2O4S/c1-11(12-5-4-6-13(9-12)18(19,20)21)22-27-10-15-14(7-8-28-15)16(23-26-3)17(24)25-2/h4-9H,10H2,1-3H3/b22-11-,23-16-. The highest BCUT2D eigenvalue weighted by molar-refractivity contribution is 7.10. The summed E-state index contributed by atoms with van der Waals surface area (Å²) in [5, 5.41) is 9.27. The van der Waals surface area contributed by atoms with Gasteiger partial charge in [-0.15, -0.1) is 11.3 Å². The first-order valence-corrected chi connectivity index (χ1v) is 8.76. The Morgan fingerprint density at radius 2 is 1.93 bits per heavy atom. The number of benzene rings is 1. The van der Waals surface area contributed by atoms with Crippen LogP contribution in [0.5, 0.6) is 0 Å². The number of thiophene rings is 1. The van der Waals surface area contributed by atoms with Gasteiger partial charge in [0.05, 0.1) is 23.3 Å². The van der Waals surface area contributed by atoms with Crippen molar-refractivity contribution in [2.24, 2.45) is 10.3 Å². The maximum Gasteiger partial charge on any atom is 0.416 e. The predicted octanol–water partition coefficient (Wildman–Crippen LogP) is 4.23. The fraction of sp³-hybridized carbons (Fsp3) is 0.278. The molecule has 1 aromatic carbocycles. The van der Waals surface area contributed by atoms with Gasteiger partial charge in [0.2, 0.25) is 0 Å². The van der Waals surface area contributed by atoms with Crippen molar-refractivity contribution in [3.05, 3.63) is 57.3 Å². The highest BCUT2D eigenvalue weighted by atomic mass is 32.1. The minimum absolute atomic E-state index is 0.0109. The van der Waals surface area contributed by atoms with Crippen LogP contribution in [0.3, 0.4) is 0 Å². The molecule has 0 amide bonds. The molecule has 0 saturated carbocycles. The first-order valence-electron chi connectivity index (χ1n) is 7.88. The van der Waals surface area contributed by atoms with Crippen molar-refractivity contribution in [1.29, 1.82) is 0 Å². The predicted molar refractivity (Wildman–Crippen MR) is 98.3 cm³/mol. The zero-order chi connectivity index (χ0) is 20.7. The maximum atomic E-state index is 12.8. The highest BCUT2D eigenvalue weighted by Crippen LogP contribution is 2.29. The van der Waals surface area contributed by atoms with Gasteiger partial charge in [0.25, 0.3) is 0 Å². The molecule has 0 aliphatic carbocycles. The van der Waals surface area contributed by atoms with E-state index in [2.05, 4.69) is 19.9 Å². The molecule has 0 spiro atoms. The number of carbonyl (C=O) groups excluding carboxylic acids is 1. The Morgan fingerprint density at radius 1 is 1.18 bits per heavy atom. The minimum Gasteiger partial charge on any atom is -0.464 e. The summed E-state index contributed by atoms with van der Waals surface area (Å²) in [4.78, 5) is 22.4. The van der Waals surface area contributed by atoms with Gasteiger partial charge in [0.15, 0.2) is 12.3 Å². The molecular formula is C18H17F3N2O4S. The first-order chi connectivity index (χ1) is 13.3. The molecule has 10 heteroatoms. The topological polar surface area (TPSA) is 69.5 Å². The molecule has 0 unspecified atom stereocenters. The monoisotopic (exact) mass is 414 g/mol. The summed E-state index contributed by atoms with van der Waals surface area (Å²) in [6.07, 6.45) is -4.44. The van der Waals surface area contributed by atoms with E-state index in [1.807, 2.05) is 0 Å². The number of nitrogens with zero attached hydrogens (tertiary/aromatic N) is 2.